The number of amidine groups is 1. The standard InChI is InChI=1S/C15H17FN2O2S/c1-3-8-18-13(10(2)14(19)20)9-21-15(18)17-12-7-5-4-6-11(12)16/h3-7,10,13H,1,8-9H2,2H3,(H,19,20). The third kappa shape index (κ3) is 3.44. The van der Waals surface area contributed by atoms with Crippen LogP contribution in [-0.4, -0.2) is 39.5 Å². The lowest BCUT2D eigenvalue weighted by Crippen LogP contribution is -2.41. The molecule has 2 atom stereocenters. The van der Waals surface area contributed by atoms with Crippen LogP contribution in [0.2, 0.25) is 0 Å². The Morgan fingerprint density at radius 3 is 3.00 bits per heavy atom. The summed E-state index contributed by atoms with van der Waals surface area (Å²) in [6.45, 7) is 5.86. The van der Waals surface area contributed by atoms with Crippen molar-refractivity contribution < 1.29 is 14.3 Å². The minimum absolute atomic E-state index is 0.170. The first-order valence-corrected chi connectivity index (χ1v) is 7.59. The van der Waals surface area contributed by atoms with Crippen LogP contribution in [0.25, 0.3) is 0 Å². The molecular weight excluding hydrogens is 291 g/mol. The zero-order valence-electron chi connectivity index (χ0n) is 11.7. The lowest BCUT2D eigenvalue weighted by molar-refractivity contribution is -0.142. The average molecular weight is 308 g/mol. The van der Waals surface area contributed by atoms with Crippen LogP contribution in [-0.2, 0) is 4.79 Å². The summed E-state index contributed by atoms with van der Waals surface area (Å²) in [5.41, 5.74) is 0.262. The maximum Gasteiger partial charge on any atom is 0.308 e. The lowest BCUT2D eigenvalue weighted by atomic mass is 10.0. The van der Waals surface area contributed by atoms with Gasteiger partial charge in [0.05, 0.1) is 12.0 Å². The molecule has 1 heterocycles. The molecular formula is C15H17FN2O2S. The first kappa shape index (κ1) is 15.6. The van der Waals surface area contributed by atoms with Crippen LogP contribution in [0.3, 0.4) is 0 Å². The fourth-order valence-corrected chi connectivity index (χ4v) is 3.48. The second kappa shape index (κ2) is 6.76. The average Bonchev–Trinajstić information content (AvgIpc) is 2.84. The van der Waals surface area contributed by atoms with Gasteiger partial charge in [-0.1, -0.05) is 30.0 Å². The summed E-state index contributed by atoms with van der Waals surface area (Å²) in [6.07, 6.45) is 1.70. The van der Waals surface area contributed by atoms with Crippen molar-refractivity contribution in [2.24, 2.45) is 10.9 Å². The second-order valence-electron chi connectivity index (χ2n) is 4.79. The highest BCUT2D eigenvalue weighted by atomic mass is 32.2. The normalized spacial score (nSPS) is 21.5. The minimum Gasteiger partial charge on any atom is -0.481 e. The summed E-state index contributed by atoms with van der Waals surface area (Å²) in [5.74, 6) is -1.14. The Hall–Kier alpha value is -1.82. The zero-order chi connectivity index (χ0) is 15.4. The number of aliphatic imine (C=N–C) groups is 1. The van der Waals surface area contributed by atoms with Gasteiger partial charge in [0.15, 0.2) is 5.17 Å². The molecule has 0 amide bonds. The van der Waals surface area contributed by atoms with E-state index in [9.17, 15) is 14.3 Å². The SMILES string of the molecule is C=CCN1C(=Nc2ccccc2F)SCC1C(C)C(=O)O. The highest BCUT2D eigenvalue weighted by molar-refractivity contribution is 8.14. The largest absolute Gasteiger partial charge is 0.481 e. The number of para-hydroxylation sites is 1. The van der Waals surface area contributed by atoms with Gasteiger partial charge in [-0.3, -0.25) is 4.79 Å². The van der Waals surface area contributed by atoms with Gasteiger partial charge in [0.2, 0.25) is 0 Å². The third-order valence-corrected chi connectivity index (χ3v) is 4.48. The maximum absolute atomic E-state index is 13.7. The molecule has 21 heavy (non-hydrogen) atoms. The van der Waals surface area contributed by atoms with E-state index in [4.69, 9.17) is 0 Å². The van der Waals surface area contributed by atoms with Crippen LogP contribution in [0.5, 0.6) is 0 Å². The number of nitrogens with zero attached hydrogens (tertiary/aromatic N) is 2. The molecule has 1 aromatic rings. The number of carboxylic acids is 1. The van der Waals surface area contributed by atoms with Gasteiger partial charge in [0, 0.05) is 12.3 Å². The fourth-order valence-electron chi connectivity index (χ4n) is 2.15. The van der Waals surface area contributed by atoms with E-state index in [-0.39, 0.29) is 17.5 Å². The molecule has 0 aromatic heterocycles. The van der Waals surface area contributed by atoms with Crippen molar-refractivity contribution >= 4 is 28.6 Å². The molecule has 4 nitrogen and oxygen atoms in total. The van der Waals surface area contributed by atoms with Gasteiger partial charge in [-0.05, 0) is 19.1 Å². The highest BCUT2D eigenvalue weighted by Crippen LogP contribution is 2.31. The topological polar surface area (TPSA) is 52.9 Å². The van der Waals surface area contributed by atoms with Crippen LogP contribution in [0, 0.1) is 11.7 Å². The summed E-state index contributed by atoms with van der Waals surface area (Å²) in [5, 5.41) is 9.82. The predicted molar refractivity (Wildman–Crippen MR) is 83.4 cm³/mol. The van der Waals surface area contributed by atoms with Gasteiger partial charge in [-0.25, -0.2) is 9.38 Å². The molecule has 0 bridgehead atoms. The van der Waals surface area contributed by atoms with Gasteiger partial charge in [-0.2, -0.15) is 0 Å². The number of hydrogen-bond acceptors (Lipinski definition) is 3. The van der Waals surface area contributed by atoms with E-state index in [1.165, 1.54) is 17.8 Å². The number of aliphatic carboxylic acids is 1. The summed E-state index contributed by atoms with van der Waals surface area (Å²) in [6, 6.07) is 6.11. The number of hydrogen-bond donors (Lipinski definition) is 1. The molecule has 6 heteroatoms. The Morgan fingerprint density at radius 1 is 1.67 bits per heavy atom. The smallest absolute Gasteiger partial charge is 0.308 e. The van der Waals surface area contributed by atoms with E-state index < -0.39 is 11.9 Å². The van der Waals surface area contributed by atoms with E-state index >= 15 is 0 Å². The molecule has 1 N–H and O–H groups in total. The Labute approximate surface area is 127 Å². The van der Waals surface area contributed by atoms with Crippen molar-refractivity contribution in [1.29, 1.82) is 0 Å². The molecule has 1 aliphatic rings. The Kier molecular flexibility index (Phi) is 5.01. The minimum atomic E-state index is -0.846. The Morgan fingerprint density at radius 2 is 2.38 bits per heavy atom. The Balaban J connectivity index is 2.29. The molecule has 0 aliphatic carbocycles. The van der Waals surface area contributed by atoms with Crippen LogP contribution < -0.4 is 0 Å². The number of carboxylic acid groups (broad SMARTS) is 1. The van der Waals surface area contributed by atoms with Crippen molar-refractivity contribution in [3.63, 3.8) is 0 Å². The number of carbonyl (C=O) groups is 1. The maximum atomic E-state index is 13.7. The van der Waals surface area contributed by atoms with Gasteiger partial charge in [0.1, 0.15) is 11.5 Å². The van der Waals surface area contributed by atoms with E-state index in [0.717, 1.165) is 0 Å². The monoisotopic (exact) mass is 308 g/mol. The second-order valence-corrected chi connectivity index (χ2v) is 5.78. The third-order valence-electron chi connectivity index (χ3n) is 3.39. The molecule has 1 aliphatic heterocycles. The van der Waals surface area contributed by atoms with Crippen molar-refractivity contribution in [2.45, 2.75) is 13.0 Å². The van der Waals surface area contributed by atoms with Crippen molar-refractivity contribution in [3.05, 3.63) is 42.7 Å². The number of halogens is 1. The summed E-state index contributed by atoms with van der Waals surface area (Å²) < 4.78 is 13.7. The Bertz CT molecular complexity index is 577. The van der Waals surface area contributed by atoms with Crippen LogP contribution in [0.15, 0.2) is 41.9 Å². The number of thioether (sulfide) groups is 1. The molecule has 0 radical (unpaired) electrons. The molecule has 0 spiro atoms. The van der Waals surface area contributed by atoms with E-state index in [1.807, 2.05) is 4.90 Å². The summed E-state index contributed by atoms with van der Waals surface area (Å²) >= 11 is 1.45. The molecule has 1 aromatic carbocycles. The van der Waals surface area contributed by atoms with Gasteiger partial charge < -0.3 is 10.0 Å². The summed E-state index contributed by atoms with van der Waals surface area (Å²) in [7, 11) is 0. The molecule has 1 saturated heterocycles. The molecule has 2 unspecified atom stereocenters. The van der Waals surface area contributed by atoms with Crippen molar-refractivity contribution in [1.82, 2.24) is 4.90 Å². The first-order chi connectivity index (χ1) is 10.0. The highest BCUT2D eigenvalue weighted by Gasteiger charge is 2.36. The predicted octanol–water partition coefficient (Wildman–Crippen LogP) is 3.14. The van der Waals surface area contributed by atoms with Gasteiger partial charge >= 0.3 is 5.97 Å². The van der Waals surface area contributed by atoms with Crippen LogP contribution in [0.1, 0.15) is 6.92 Å². The fraction of sp³-hybridized carbons (Fsp3) is 0.333. The molecule has 1 fully saturated rings. The van der Waals surface area contributed by atoms with Crippen LogP contribution >= 0.6 is 11.8 Å². The lowest BCUT2D eigenvalue weighted by Gasteiger charge is -2.27. The van der Waals surface area contributed by atoms with Crippen LogP contribution in [0.4, 0.5) is 10.1 Å². The number of benzene rings is 1. The van der Waals surface area contributed by atoms with Gasteiger partial charge in [-0.15, -0.1) is 6.58 Å². The van der Waals surface area contributed by atoms with Crippen molar-refractivity contribution in [2.75, 3.05) is 12.3 Å². The zero-order valence-corrected chi connectivity index (χ0v) is 12.5. The molecule has 112 valence electrons. The molecule has 2 rings (SSSR count). The quantitative estimate of drug-likeness (QED) is 0.849. The van der Waals surface area contributed by atoms with Crippen molar-refractivity contribution in [3.8, 4) is 0 Å². The molecule has 0 saturated carbocycles. The van der Waals surface area contributed by atoms with E-state index in [1.54, 1.807) is 31.2 Å². The van der Waals surface area contributed by atoms with E-state index in [2.05, 4.69) is 11.6 Å². The van der Waals surface area contributed by atoms with E-state index in [0.29, 0.717) is 17.5 Å². The van der Waals surface area contributed by atoms with Gasteiger partial charge in [0.25, 0.3) is 0 Å². The number of rotatable bonds is 5. The first-order valence-electron chi connectivity index (χ1n) is 6.61. The summed E-state index contributed by atoms with van der Waals surface area (Å²) in [4.78, 5) is 17.4.